The van der Waals surface area contributed by atoms with Crippen molar-refractivity contribution in [2.24, 2.45) is 0 Å². The summed E-state index contributed by atoms with van der Waals surface area (Å²) in [5.41, 5.74) is -0.398. The third kappa shape index (κ3) is 5.86. The predicted octanol–water partition coefficient (Wildman–Crippen LogP) is 2.46. The van der Waals surface area contributed by atoms with Gasteiger partial charge in [-0.1, -0.05) is 20.8 Å². The van der Waals surface area contributed by atoms with Gasteiger partial charge in [-0.25, -0.2) is 13.4 Å². The molecule has 0 unspecified atom stereocenters. The Morgan fingerprint density at radius 3 is 2.21 bits per heavy atom. The zero-order chi connectivity index (χ0) is 14.9. The first-order valence-corrected chi connectivity index (χ1v) is 9.03. The lowest BCUT2D eigenvalue weighted by Gasteiger charge is -2.25. The second-order valence-corrected chi connectivity index (χ2v) is 9.57. The lowest BCUT2D eigenvalue weighted by Crippen LogP contribution is -2.33. The molecular formula is C12H23N3O2S2. The van der Waals surface area contributed by atoms with Gasteiger partial charge in [-0.15, -0.1) is 0 Å². The minimum absolute atomic E-state index is 0.0761. The number of aromatic nitrogens is 2. The lowest BCUT2D eigenvalue weighted by molar-refractivity contribution is 0.531. The molecule has 0 atom stereocenters. The molecule has 1 aromatic heterocycles. The van der Waals surface area contributed by atoms with Crippen molar-refractivity contribution in [3.05, 3.63) is 5.82 Å². The fraction of sp³-hybridized carbons (Fsp3) is 0.833. The Labute approximate surface area is 119 Å². The van der Waals surface area contributed by atoms with Gasteiger partial charge in [0.25, 0.3) is 0 Å². The van der Waals surface area contributed by atoms with Crippen LogP contribution in [0.3, 0.4) is 0 Å². The molecule has 1 rings (SSSR count). The average Bonchev–Trinajstić information content (AvgIpc) is 2.61. The molecule has 0 bridgehead atoms. The molecule has 0 saturated carbocycles. The van der Waals surface area contributed by atoms with Gasteiger partial charge in [0.15, 0.2) is 0 Å². The fourth-order valence-corrected chi connectivity index (χ4v) is 3.19. The van der Waals surface area contributed by atoms with Crippen molar-refractivity contribution in [2.45, 2.75) is 52.0 Å². The summed E-state index contributed by atoms with van der Waals surface area (Å²) in [5.74, 6) is 0.969. The minimum Gasteiger partial charge on any atom is -0.355 e. The molecule has 0 amide bonds. The molecule has 1 aromatic rings. The van der Waals surface area contributed by atoms with Gasteiger partial charge in [-0.05, 0) is 20.3 Å². The predicted molar refractivity (Wildman–Crippen MR) is 80.6 cm³/mol. The van der Waals surface area contributed by atoms with Crippen molar-refractivity contribution in [3.8, 4) is 0 Å². The van der Waals surface area contributed by atoms with Crippen molar-refractivity contribution >= 4 is 26.5 Å². The molecule has 0 radical (unpaired) electrons. The first kappa shape index (κ1) is 16.4. The van der Waals surface area contributed by atoms with E-state index in [1.165, 1.54) is 17.8 Å². The maximum atomic E-state index is 11.2. The molecule has 5 nitrogen and oxygen atoms in total. The Bertz CT molecular complexity index is 527. The van der Waals surface area contributed by atoms with Crippen molar-refractivity contribution in [1.82, 2.24) is 9.36 Å². The minimum atomic E-state index is -2.94. The van der Waals surface area contributed by atoms with E-state index in [1.54, 1.807) is 0 Å². The number of nitrogens with one attached hydrogen (secondary N) is 1. The standard InChI is InChI=1S/C12H23N3O2S2/c1-11(2,3)9-13-10(18-15-9)14-12(4,5)7-8-19(6,16)17/h7-8H2,1-6H3,(H,13,14,15). The third-order valence-electron chi connectivity index (χ3n) is 2.64. The molecular weight excluding hydrogens is 282 g/mol. The summed E-state index contributed by atoms with van der Waals surface area (Å²) in [6.45, 7) is 10.1. The average molecular weight is 305 g/mol. The second-order valence-electron chi connectivity index (χ2n) is 6.56. The Hall–Kier alpha value is -0.690. The monoisotopic (exact) mass is 305 g/mol. The summed E-state index contributed by atoms with van der Waals surface area (Å²) in [7, 11) is -2.94. The highest BCUT2D eigenvalue weighted by Gasteiger charge is 2.24. The summed E-state index contributed by atoms with van der Waals surface area (Å²) in [6.07, 6.45) is 1.79. The molecule has 0 aromatic carbocycles. The smallest absolute Gasteiger partial charge is 0.203 e. The molecule has 19 heavy (non-hydrogen) atoms. The largest absolute Gasteiger partial charge is 0.355 e. The first-order valence-electron chi connectivity index (χ1n) is 6.19. The summed E-state index contributed by atoms with van der Waals surface area (Å²) >= 11 is 1.31. The highest BCUT2D eigenvalue weighted by molar-refractivity contribution is 7.90. The Morgan fingerprint density at radius 2 is 1.79 bits per heavy atom. The highest BCUT2D eigenvalue weighted by atomic mass is 32.2. The number of sulfone groups is 1. The molecule has 0 spiro atoms. The van der Waals surface area contributed by atoms with Gasteiger partial charge >= 0.3 is 0 Å². The normalized spacial score (nSPS) is 13.6. The van der Waals surface area contributed by atoms with Crippen LogP contribution in [0, 0.1) is 0 Å². The molecule has 0 aliphatic heterocycles. The van der Waals surface area contributed by atoms with Gasteiger partial charge in [0.05, 0.1) is 5.75 Å². The van der Waals surface area contributed by atoms with Crippen molar-refractivity contribution < 1.29 is 8.42 Å². The first-order chi connectivity index (χ1) is 8.39. The van der Waals surface area contributed by atoms with Crippen LogP contribution < -0.4 is 5.32 Å². The molecule has 1 N–H and O–H groups in total. The number of nitrogens with zero attached hydrogens (tertiary/aromatic N) is 2. The lowest BCUT2D eigenvalue weighted by atomic mass is 9.96. The number of anilines is 1. The topological polar surface area (TPSA) is 72.0 Å². The molecule has 7 heteroatoms. The summed E-state index contributed by atoms with van der Waals surface area (Å²) in [4.78, 5) is 4.46. The molecule has 0 saturated heterocycles. The second kappa shape index (κ2) is 5.36. The van der Waals surface area contributed by atoms with Crippen LogP contribution in [0.4, 0.5) is 5.13 Å². The van der Waals surface area contributed by atoms with E-state index in [9.17, 15) is 8.42 Å². The van der Waals surface area contributed by atoms with Crippen LogP contribution in [0.5, 0.6) is 0 Å². The van der Waals surface area contributed by atoms with Crippen LogP contribution in [0.25, 0.3) is 0 Å². The molecule has 0 aliphatic carbocycles. The quantitative estimate of drug-likeness (QED) is 0.904. The van der Waals surface area contributed by atoms with E-state index < -0.39 is 9.84 Å². The zero-order valence-corrected chi connectivity index (χ0v) is 14.1. The van der Waals surface area contributed by atoms with E-state index in [-0.39, 0.29) is 16.7 Å². The summed E-state index contributed by atoms with van der Waals surface area (Å²) in [5, 5.41) is 4.00. The van der Waals surface area contributed by atoms with Crippen molar-refractivity contribution in [1.29, 1.82) is 0 Å². The zero-order valence-electron chi connectivity index (χ0n) is 12.4. The van der Waals surface area contributed by atoms with Crippen LogP contribution in [0.2, 0.25) is 0 Å². The Morgan fingerprint density at radius 1 is 1.21 bits per heavy atom. The third-order valence-corrected chi connectivity index (χ3v) is 4.22. The van der Waals surface area contributed by atoms with E-state index in [4.69, 9.17) is 0 Å². The molecule has 0 aliphatic rings. The van der Waals surface area contributed by atoms with Gasteiger partial charge in [0.2, 0.25) is 5.13 Å². The Kier molecular flexibility index (Phi) is 4.62. The van der Waals surface area contributed by atoms with Crippen molar-refractivity contribution in [3.63, 3.8) is 0 Å². The van der Waals surface area contributed by atoms with Gasteiger partial charge in [0.1, 0.15) is 15.7 Å². The molecule has 110 valence electrons. The highest BCUT2D eigenvalue weighted by Crippen LogP contribution is 2.25. The van der Waals surface area contributed by atoms with Crippen LogP contribution in [0.15, 0.2) is 0 Å². The van der Waals surface area contributed by atoms with Gasteiger partial charge in [-0.2, -0.15) is 4.37 Å². The van der Waals surface area contributed by atoms with Crippen LogP contribution in [-0.2, 0) is 15.3 Å². The van der Waals surface area contributed by atoms with E-state index in [2.05, 4.69) is 35.4 Å². The number of rotatable bonds is 5. The van der Waals surface area contributed by atoms with Gasteiger partial charge in [-0.3, -0.25) is 0 Å². The molecule has 0 fully saturated rings. The van der Waals surface area contributed by atoms with E-state index in [1.807, 2.05) is 13.8 Å². The summed E-state index contributed by atoms with van der Waals surface area (Å²) in [6, 6.07) is 0. The maximum Gasteiger partial charge on any atom is 0.203 e. The number of hydrogen-bond acceptors (Lipinski definition) is 6. The van der Waals surface area contributed by atoms with E-state index in [0.29, 0.717) is 6.42 Å². The SMILES string of the molecule is CC(C)(CCS(C)(=O)=O)Nc1nc(C(C)(C)C)ns1. The van der Waals surface area contributed by atoms with E-state index >= 15 is 0 Å². The van der Waals surface area contributed by atoms with Crippen LogP contribution in [-0.4, -0.2) is 35.3 Å². The van der Waals surface area contributed by atoms with Crippen LogP contribution >= 0.6 is 11.5 Å². The van der Waals surface area contributed by atoms with Gasteiger partial charge in [0, 0.05) is 28.7 Å². The van der Waals surface area contributed by atoms with E-state index in [0.717, 1.165) is 11.0 Å². The molecule has 1 heterocycles. The maximum absolute atomic E-state index is 11.2. The Balaban J connectivity index is 2.70. The van der Waals surface area contributed by atoms with Crippen molar-refractivity contribution in [2.75, 3.05) is 17.3 Å². The van der Waals surface area contributed by atoms with Gasteiger partial charge < -0.3 is 5.32 Å². The van der Waals surface area contributed by atoms with Crippen LogP contribution in [0.1, 0.15) is 46.9 Å². The summed E-state index contributed by atoms with van der Waals surface area (Å²) < 4.78 is 26.8. The fourth-order valence-electron chi connectivity index (χ4n) is 1.37. The number of hydrogen-bond donors (Lipinski definition) is 1.